The van der Waals surface area contributed by atoms with Crippen molar-refractivity contribution in [1.82, 2.24) is 15.3 Å². The van der Waals surface area contributed by atoms with E-state index in [1.54, 1.807) is 18.5 Å². The number of anilines is 2. The summed E-state index contributed by atoms with van der Waals surface area (Å²) in [5, 5.41) is 26.0. The minimum atomic E-state index is -1.05. The molecule has 1 saturated carbocycles. The Morgan fingerprint density at radius 3 is 2.42 bits per heavy atom. The zero-order chi connectivity index (χ0) is 27.9. The Labute approximate surface area is 237 Å². The fourth-order valence-corrected chi connectivity index (χ4v) is 5.72. The summed E-state index contributed by atoms with van der Waals surface area (Å²) in [5.74, 6) is 0.753. The van der Waals surface area contributed by atoms with Crippen LogP contribution >= 0.6 is 11.3 Å². The number of nitrogens with one attached hydrogen (secondary N) is 2. The van der Waals surface area contributed by atoms with Crippen molar-refractivity contribution < 1.29 is 9.90 Å². The largest absolute Gasteiger partial charge is 0.374 e. The highest BCUT2D eigenvalue weighted by molar-refractivity contribution is 7.15. The zero-order valence-corrected chi connectivity index (χ0v) is 22.7. The molecule has 2 aromatic carbocycles. The first-order valence-electron chi connectivity index (χ1n) is 13.2. The number of carbonyl (C=O) groups excluding carboxylic acids is 1. The van der Waals surface area contributed by atoms with E-state index >= 15 is 0 Å². The lowest BCUT2D eigenvalue weighted by Crippen LogP contribution is -2.48. The summed E-state index contributed by atoms with van der Waals surface area (Å²) in [5.41, 5.74) is 8.86. The molecule has 0 bridgehead atoms. The molecule has 2 heterocycles. The molecule has 10 heteroatoms. The number of benzene rings is 2. The van der Waals surface area contributed by atoms with Crippen LogP contribution in [0.1, 0.15) is 47.9 Å². The van der Waals surface area contributed by atoms with Gasteiger partial charge >= 0.3 is 6.03 Å². The Morgan fingerprint density at radius 2 is 1.80 bits per heavy atom. The topological polar surface area (TPSA) is 140 Å². The summed E-state index contributed by atoms with van der Waals surface area (Å²) in [6.45, 7) is 0.443. The molecular weight excluding hydrogens is 522 g/mol. The standard InChI is InChI=1S/C30H31N7O2S/c31-16-21-6-15-27(33-18-21)36-23-9-13-25(14-10-23)37(30(39)35-17-20-4-2-1-3-5-20)24-11-7-22(8-12-24)29-34-19-26(40-29)28(32)38/h1-8,11-12,15,18-19,23,25,28,38H,9-10,13-14,17,32H2,(H,33,36)(H,35,39). The van der Waals surface area contributed by atoms with E-state index in [4.69, 9.17) is 11.0 Å². The molecule has 1 atom stereocenters. The van der Waals surface area contributed by atoms with Crippen molar-refractivity contribution in [2.75, 3.05) is 10.2 Å². The van der Waals surface area contributed by atoms with E-state index in [0.29, 0.717) is 17.0 Å². The second kappa shape index (κ2) is 12.7. The highest BCUT2D eigenvalue weighted by Crippen LogP contribution is 2.32. The van der Waals surface area contributed by atoms with Gasteiger partial charge in [0, 0.05) is 42.3 Å². The summed E-state index contributed by atoms with van der Waals surface area (Å²) in [7, 11) is 0. The molecule has 5 N–H and O–H groups in total. The lowest BCUT2D eigenvalue weighted by Gasteiger charge is -2.37. The first kappa shape index (κ1) is 27.3. The number of carbonyl (C=O) groups is 1. The first-order valence-corrected chi connectivity index (χ1v) is 14.1. The Kier molecular flexibility index (Phi) is 8.66. The molecular formula is C30H31N7O2S. The number of hydrogen-bond donors (Lipinski definition) is 4. The van der Waals surface area contributed by atoms with Gasteiger partial charge in [0.15, 0.2) is 0 Å². The van der Waals surface area contributed by atoms with Crippen LogP contribution in [-0.4, -0.2) is 33.2 Å². The van der Waals surface area contributed by atoms with Crippen LogP contribution in [0, 0.1) is 11.3 Å². The molecule has 204 valence electrons. The Hall–Kier alpha value is -4.30. The molecule has 0 spiro atoms. The predicted octanol–water partition coefficient (Wildman–Crippen LogP) is 5.17. The fraction of sp³-hybridized carbons (Fsp3) is 0.267. The summed E-state index contributed by atoms with van der Waals surface area (Å²) in [4.78, 5) is 24.8. The van der Waals surface area contributed by atoms with Crippen LogP contribution in [0.5, 0.6) is 0 Å². The van der Waals surface area contributed by atoms with E-state index in [2.05, 4.69) is 26.7 Å². The summed E-state index contributed by atoms with van der Waals surface area (Å²) >= 11 is 1.34. The van der Waals surface area contributed by atoms with E-state index in [0.717, 1.165) is 53.3 Å². The van der Waals surface area contributed by atoms with Gasteiger partial charge in [-0.15, -0.1) is 11.3 Å². The van der Waals surface area contributed by atoms with Crippen LogP contribution in [0.2, 0.25) is 0 Å². The molecule has 40 heavy (non-hydrogen) atoms. The van der Waals surface area contributed by atoms with Crippen LogP contribution < -0.4 is 21.3 Å². The minimum absolute atomic E-state index is 0.0347. The van der Waals surface area contributed by atoms with Gasteiger partial charge in [-0.1, -0.05) is 30.3 Å². The maximum atomic E-state index is 13.6. The quantitative estimate of drug-likeness (QED) is 0.221. The summed E-state index contributed by atoms with van der Waals surface area (Å²) in [6.07, 6.45) is 5.54. The highest BCUT2D eigenvalue weighted by atomic mass is 32.1. The van der Waals surface area contributed by atoms with Gasteiger partial charge in [0.2, 0.25) is 0 Å². The second-order valence-corrected chi connectivity index (χ2v) is 10.8. The van der Waals surface area contributed by atoms with Crippen molar-refractivity contribution >= 4 is 28.9 Å². The molecule has 5 rings (SSSR count). The average molecular weight is 554 g/mol. The number of urea groups is 1. The minimum Gasteiger partial charge on any atom is -0.374 e. The van der Waals surface area contributed by atoms with Crippen molar-refractivity contribution in [3.05, 3.63) is 95.1 Å². The van der Waals surface area contributed by atoms with E-state index in [1.807, 2.05) is 65.6 Å². The maximum absolute atomic E-state index is 13.6. The van der Waals surface area contributed by atoms with Crippen molar-refractivity contribution in [3.63, 3.8) is 0 Å². The molecule has 0 aliphatic heterocycles. The van der Waals surface area contributed by atoms with E-state index in [-0.39, 0.29) is 18.1 Å². The van der Waals surface area contributed by atoms with Crippen molar-refractivity contribution in [2.45, 2.75) is 50.5 Å². The smallest absolute Gasteiger partial charge is 0.322 e. The lowest BCUT2D eigenvalue weighted by atomic mass is 9.89. The van der Waals surface area contributed by atoms with Crippen LogP contribution in [0.15, 0.2) is 79.1 Å². The number of thiazole rings is 1. The molecule has 2 amide bonds. The number of amides is 2. The SMILES string of the molecule is N#Cc1ccc(NC2CCC(N(C(=O)NCc3ccccc3)c3ccc(-c4ncc(C(N)O)s4)cc3)CC2)nc1. The van der Waals surface area contributed by atoms with Crippen LogP contribution in [0.25, 0.3) is 10.6 Å². The number of rotatable bonds is 8. The third-order valence-electron chi connectivity index (χ3n) is 7.02. The highest BCUT2D eigenvalue weighted by Gasteiger charge is 2.30. The number of nitrogens with two attached hydrogens (primary N) is 1. The molecule has 4 aromatic rings. The first-order chi connectivity index (χ1) is 19.5. The number of pyridine rings is 1. The monoisotopic (exact) mass is 553 g/mol. The van der Waals surface area contributed by atoms with Crippen molar-refractivity contribution in [1.29, 1.82) is 5.26 Å². The average Bonchev–Trinajstić information content (AvgIpc) is 3.49. The van der Waals surface area contributed by atoms with Gasteiger partial charge in [-0.25, -0.2) is 14.8 Å². The molecule has 0 radical (unpaired) electrons. The van der Waals surface area contributed by atoms with Gasteiger partial charge in [0.25, 0.3) is 0 Å². The molecule has 2 aromatic heterocycles. The number of aromatic nitrogens is 2. The molecule has 0 saturated heterocycles. The predicted molar refractivity (Wildman–Crippen MR) is 156 cm³/mol. The van der Waals surface area contributed by atoms with E-state index < -0.39 is 6.23 Å². The number of aliphatic hydroxyl groups is 1. The van der Waals surface area contributed by atoms with Gasteiger partial charge in [0.1, 0.15) is 23.1 Å². The van der Waals surface area contributed by atoms with Gasteiger partial charge in [-0.3, -0.25) is 4.90 Å². The Bertz CT molecular complexity index is 1440. The zero-order valence-electron chi connectivity index (χ0n) is 21.9. The normalized spacial score (nSPS) is 17.4. The Morgan fingerprint density at radius 1 is 1.05 bits per heavy atom. The third-order valence-corrected chi connectivity index (χ3v) is 8.14. The van der Waals surface area contributed by atoms with Gasteiger partial charge in [-0.2, -0.15) is 5.26 Å². The van der Waals surface area contributed by atoms with Crippen LogP contribution in [0.4, 0.5) is 16.3 Å². The molecule has 1 aliphatic carbocycles. The molecule has 1 fully saturated rings. The summed E-state index contributed by atoms with van der Waals surface area (Å²) < 4.78 is 0. The Balaban J connectivity index is 1.30. The van der Waals surface area contributed by atoms with Crippen molar-refractivity contribution in [2.24, 2.45) is 5.73 Å². The molecule has 9 nitrogen and oxygen atoms in total. The van der Waals surface area contributed by atoms with E-state index in [1.165, 1.54) is 11.3 Å². The molecule has 1 unspecified atom stereocenters. The molecule has 1 aliphatic rings. The van der Waals surface area contributed by atoms with Crippen LogP contribution in [0.3, 0.4) is 0 Å². The summed E-state index contributed by atoms with van der Waals surface area (Å²) in [6, 6.07) is 23.5. The number of aliphatic hydroxyl groups excluding tert-OH is 1. The maximum Gasteiger partial charge on any atom is 0.322 e. The van der Waals surface area contributed by atoms with Crippen molar-refractivity contribution in [3.8, 4) is 16.6 Å². The second-order valence-electron chi connectivity index (χ2n) is 9.77. The lowest BCUT2D eigenvalue weighted by molar-refractivity contribution is 0.190. The fourth-order valence-electron chi connectivity index (χ4n) is 4.91. The van der Waals surface area contributed by atoms with Gasteiger partial charge < -0.3 is 21.5 Å². The number of nitrogens with zero attached hydrogens (tertiary/aromatic N) is 4. The third kappa shape index (κ3) is 6.63. The van der Waals surface area contributed by atoms with E-state index in [9.17, 15) is 9.90 Å². The van der Waals surface area contributed by atoms with Gasteiger partial charge in [-0.05, 0) is 67.6 Å². The number of hydrogen-bond acceptors (Lipinski definition) is 8. The van der Waals surface area contributed by atoms with Gasteiger partial charge in [0.05, 0.1) is 10.4 Å². The number of nitriles is 1. The van der Waals surface area contributed by atoms with Crippen LogP contribution in [-0.2, 0) is 6.54 Å².